The van der Waals surface area contributed by atoms with Crippen LogP contribution in [0.25, 0.3) is 0 Å². The maximum absolute atomic E-state index is 6.18. The number of rotatable bonds is 5. The van der Waals surface area contributed by atoms with E-state index in [9.17, 15) is 0 Å². The molecule has 2 aromatic carbocycles. The first-order valence-electron chi connectivity index (χ1n) is 6.95. The fourth-order valence-corrected chi connectivity index (χ4v) is 3.07. The molecule has 0 fully saturated rings. The van der Waals surface area contributed by atoms with Gasteiger partial charge in [-0.2, -0.15) is 0 Å². The summed E-state index contributed by atoms with van der Waals surface area (Å²) in [6.45, 7) is 4.35. The highest BCUT2D eigenvalue weighted by Gasteiger charge is 2.13. The van der Waals surface area contributed by atoms with Gasteiger partial charge in [0.15, 0.2) is 0 Å². The van der Waals surface area contributed by atoms with E-state index in [4.69, 9.17) is 23.2 Å². The molecular formula is C18H20Cl2. The normalized spacial score (nSPS) is 12.4. The number of benzene rings is 2. The minimum absolute atomic E-state index is 0.440. The van der Waals surface area contributed by atoms with Crippen LogP contribution in [0.1, 0.15) is 22.3 Å². The van der Waals surface area contributed by atoms with Crippen molar-refractivity contribution in [1.82, 2.24) is 0 Å². The Balaban J connectivity index is 2.13. The molecule has 0 nitrogen and oxygen atoms in total. The Kier molecular flexibility index (Phi) is 5.51. The smallest absolute Gasteiger partial charge is 0.0408 e. The molecule has 0 bridgehead atoms. The molecule has 0 aromatic heterocycles. The predicted molar refractivity (Wildman–Crippen MR) is 89.0 cm³/mol. The summed E-state index contributed by atoms with van der Waals surface area (Å²) in [6, 6.07) is 14.5. The highest BCUT2D eigenvalue weighted by atomic mass is 35.5. The van der Waals surface area contributed by atoms with Crippen molar-refractivity contribution in [3.63, 3.8) is 0 Å². The first kappa shape index (κ1) is 15.4. The van der Waals surface area contributed by atoms with Crippen LogP contribution >= 0.6 is 23.2 Å². The summed E-state index contributed by atoms with van der Waals surface area (Å²) in [6.07, 6.45) is 1.99. The van der Waals surface area contributed by atoms with E-state index in [1.165, 1.54) is 22.3 Å². The molecule has 106 valence electrons. The Bertz CT molecular complexity index is 555. The van der Waals surface area contributed by atoms with Crippen LogP contribution in [0.2, 0.25) is 5.02 Å². The zero-order chi connectivity index (χ0) is 14.5. The van der Waals surface area contributed by atoms with Crippen LogP contribution in [0.4, 0.5) is 0 Å². The van der Waals surface area contributed by atoms with Crippen LogP contribution < -0.4 is 0 Å². The van der Waals surface area contributed by atoms with Gasteiger partial charge in [0.2, 0.25) is 0 Å². The standard InChI is InChI=1S/C18H20Cl2/c1-13-5-3-6-14(2)18(13)11-16(12-19)9-15-7-4-8-17(20)10-15/h3-8,10,16H,9,11-12H2,1-2H3. The summed E-state index contributed by atoms with van der Waals surface area (Å²) in [5.41, 5.74) is 5.40. The van der Waals surface area contributed by atoms with E-state index in [-0.39, 0.29) is 0 Å². The second-order valence-electron chi connectivity index (χ2n) is 5.43. The number of hydrogen-bond donors (Lipinski definition) is 0. The minimum Gasteiger partial charge on any atom is -0.126 e. The average Bonchev–Trinajstić information content (AvgIpc) is 2.42. The van der Waals surface area contributed by atoms with Crippen molar-refractivity contribution >= 4 is 23.2 Å². The highest BCUT2D eigenvalue weighted by molar-refractivity contribution is 6.30. The molecule has 0 spiro atoms. The van der Waals surface area contributed by atoms with Crippen molar-refractivity contribution in [2.45, 2.75) is 26.7 Å². The molecule has 20 heavy (non-hydrogen) atoms. The molecule has 0 heterocycles. The third-order valence-electron chi connectivity index (χ3n) is 3.77. The van der Waals surface area contributed by atoms with E-state index in [1.54, 1.807) is 0 Å². The molecule has 1 unspecified atom stereocenters. The van der Waals surface area contributed by atoms with Crippen molar-refractivity contribution in [3.8, 4) is 0 Å². The van der Waals surface area contributed by atoms with Crippen LogP contribution in [0.15, 0.2) is 42.5 Å². The molecule has 2 heteroatoms. The molecule has 0 radical (unpaired) electrons. The monoisotopic (exact) mass is 306 g/mol. The van der Waals surface area contributed by atoms with E-state index >= 15 is 0 Å². The van der Waals surface area contributed by atoms with Crippen molar-refractivity contribution in [3.05, 3.63) is 69.7 Å². The van der Waals surface area contributed by atoms with Crippen LogP contribution in [0.3, 0.4) is 0 Å². The molecule has 0 saturated heterocycles. The molecule has 0 aliphatic heterocycles. The van der Waals surface area contributed by atoms with Gasteiger partial charge in [0.1, 0.15) is 0 Å². The second-order valence-corrected chi connectivity index (χ2v) is 6.17. The first-order chi connectivity index (χ1) is 9.60. The number of halogens is 2. The minimum atomic E-state index is 0.440. The fraction of sp³-hybridized carbons (Fsp3) is 0.333. The summed E-state index contributed by atoms with van der Waals surface area (Å²) in [7, 11) is 0. The van der Waals surface area contributed by atoms with Crippen LogP contribution in [-0.2, 0) is 12.8 Å². The lowest BCUT2D eigenvalue weighted by Gasteiger charge is -2.17. The van der Waals surface area contributed by atoms with Crippen molar-refractivity contribution in [1.29, 1.82) is 0 Å². The van der Waals surface area contributed by atoms with Gasteiger partial charge in [0, 0.05) is 10.9 Å². The van der Waals surface area contributed by atoms with E-state index in [0.717, 1.165) is 17.9 Å². The van der Waals surface area contributed by atoms with Gasteiger partial charge in [0.25, 0.3) is 0 Å². The van der Waals surface area contributed by atoms with Crippen LogP contribution in [0.5, 0.6) is 0 Å². The Morgan fingerprint density at radius 1 is 0.950 bits per heavy atom. The molecule has 0 N–H and O–H groups in total. The van der Waals surface area contributed by atoms with E-state index < -0.39 is 0 Å². The Hall–Kier alpha value is -0.980. The summed E-state index contributed by atoms with van der Waals surface area (Å²) in [5.74, 6) is 1.11. The SMILES string of the molecule is Cc1cccc(C)c1CC(CCl)Cc1cccc(Cl)c1. The molecule has 2 aromatic rings. The summed E-state index contributed by atoms with van der Waals surface area (Å²) in [5, 5.41) is 0.794. The topological polar surface area (TPSA) is 0 Å². The van der Waals surface area contributed by atoms with Gasteiger partial charge >= 0.3 is 0 Å². The van der Waals surface area contributed by atoms with Crippen molar-refractivity contribution in [2.75, 3.05) is 5.88 Å². The fourth-order valence-electron chi connectivity index (χ4n) is 2.64. The maximum atomic E-state index is 6.18. The third-order valence-corrected chi connectivity index (χ3v) is 4.44. The van der Waals surface area contributed by atoms with Gasteiger partial charge < -0.3 is 0 Å². The van der Waals surface area contributed by atoms with Crippen LogP contribution in [0, 0.1) is 19.8 Å². The van der Waals surface area contributed by atoms with Gasteiger partial charge in [-0.15, -0.1) is 11.6 Å². The zero-order valence-corrected chi connectivity index (χ0v) is 13.5. The lowest BCUT2D eigenvalue weighted by molar-refractivity contribution is 0.580. The maximum Gasteiger partial charge on any atom is 0.0408 e. The Labute approximate surface area is 131 Å². The van der Waals surface area contributed by atoms with Gasteiger partial charge in [-0.25, -0.2) is 0 Å². The molecule has 0 amide bonds. The molecular weight excluding hydrogens is 287 g/mol. The van der Waals surface area contributed by atoms with Gasteiger partial charge in [-0.05, 0) is 67.0 Å². The molecule has 2 rings (SSSR count). The van der Waals surface area contributed by atoms with E-state index in [0.29, 0.717) is 11.8 Å². The first-order valence-corrected chi connectivity index (χ1v) is 7.87. The Morgan fingerprint density at radius 2 is 1.60 bits per heavy atom. The van der Waals surface area contributed by atoms with Gasteiger partial charge in [-0.1, -0.05) is 41.9 Å². The lowest BCUT2D eigenvalue weighted by atomic mass is 9.90. The van der Waals surface area contributed by atoms with E-state index in [1.807, 2.05) is 18.2 Å². The molecule has 0 saturated carbocycles. The number of aryl methyl sites for hydroxylation is 2. The number of alkyl halides is 1. The van der Waals surface area contributed by atoms with Crippen molar-refractivity contribution in [2.24, 2.45) is 5.92 Å². The Morgan fingerprint density at radius 3 is 2.20 bits per heavy atom. The summed E-state index contributed by atoms with van der Waals surface area (Å²) >= 11 is 12.2. The molecule has 1 atom stereocenters. The van der Waals surface area contributed by atoms with Gasteiger partial charge in [0.05, 0.1) is 0 Å². The zero-order valence-electron chi connectivity index (χ0n) is 12.0. The highest BCUT2D eigenvalue weighted by Crippen LogP contribution is 2.22. The summed E-state index contributed by atoms with van der Waals surface area (Å²) in [4.78, 5) is 0. The summed E-state index contributed by atoms with van der Waals surface area (Å²) < 4.78 is 0. The quantitative estimate of drug-likeness (QED) is 0.631. The van der Waals surface area contributed by atoms with Gasteiger partial charge in [-0.3, -0.25) is 0 Å². The number of hydrogen-bond acceptors (Lipinski definition) is 0. The predicted octanol–water partition coefficient (Wildman–Crippen LogP) is 5.60. The molecule has 0 aliphatic rings. The molecule has 0 aliphatic carbocycles. The average molecular weight is 307 g/mol. The largest absolute Gasteiger partial charge is 0.126 e. The van der Waals surface area contributed by atoms with E-state index in [2.05, 4.69) is 38.1 Å². The van der Waals surface area contributed by atoms with Crippen molar-refractivity contribution < 1.29 is 0 Å². The lowest BCUT2D eigenvalue weighted by Crippen LogP contribution is -2.12. The van der Waals surface area contributed by atoms with Crippen LogP contribution in [-0.4, -0.2) is 5.88 Å². The third kappa shape index (κ3) is 4.01. The second kappa shape index (κ2) is 7.15.